The maximum atomic E-state index is 14.7. The van der Waals surface area contributed by atoms with E-state index in [1.54, 1.807) is 18.2 Å². The highest BCUT2D eigenvalue weighted by molar-refractivity contribution is 5.79. The third-order valence-electron chi connectivity index (χ3n) is 5.45. The van der Waals surface area contributed by atoms with Crippen LogP contribution in [0.25, 0.3) is 11.1 Å². The van der Waals surface area contributed by atoms with Gasteiger partial charge in [0.2, 0.25) is 0 Å². The van der Waals surface area contributed by atoms with Crippen molar-refractivity contribution in [3.8, 4) is 22.6 Å². The summed E-state index contributed by atoms with van der Waals surface area (Å²) in [6, 6.07) is 18.9. The molecule has 0 bridgehead atoms. The van der Waals surface area contributed by atoms with Gasteiger partial charge in [-0.25, -0.2) is 4.39 Å². The van der Waals surface area contributed by atoms with Crippen molar-refractivity contribution in [2.24, 2.45) is 0 Å². The summed E-state index contributed by atoms with van der Waals surface area (Å²) in [6.07, 6.45) is 2.58. The molecule has 0 saturated carbocycles. The maximum Gasteiger partial charge on any atom is 0.166 e. The molecule has 0 amide bonds. The number of aromatic hydroxyl groups is 1. The Kier molecular flexibility index (Phi) is 5.31. The molecule has 4 rings (SSSR count). The molecule has 4 heteroatoms. The van der Waals surface area contributed by atoms with Crippen LogP contribution in [0.15, 0.2) is 60.7 Å². The van der Waals surface area contributed by atoms with E-state index in [1.807, 2.05) is 24.3 Å². The summed E-state index contributed by atoms with van der Waals surface area (Å²) in [5.41, 5.74) is 4.29. The van der Waals surface area contributed by atoms with Gasteiger partial charge in [-0.3, -0.25) is 0 Å². The first-order valence-corrected chi connectivity index (χ1v) is 9.64. The lowest BCUT2D eigenvalue weighted by Crippen LogP contribution is -2.31. The summed E-state index contributed by atoms with van der Waals surface area (Å²) in [5.74, 6) is 0.0427. The van der Waals surface area contributed by atoms with E-state index < -0.39 is 0 Å². The van der Waals surface area contributed by atoms with E-state index in [9.17, 15) is 9.50 Å². The number of phenolic OH excluding ortho intramolecular Hbond substituents is 1. The Morgan fingerprint density at radius 3 is 2.61 bits per heavy atom. The molecule has 1 aliphatic heterocycles. The fourth-order valence-corrected chi connectivity index (χ4v) is 4.10. The largest absolute Gasteiger partial charge is 0.504 e. The van der Waals surface area contributed by atoms with Gasteiger partial charge in [-0.1, -0.05) is 48.5 Å². The lowest BCUT2D eigenvalue weighted by atomic mass is 9.83. The number of rotatable bonds is 5. The molecule has 2 N–H and O–H groups in total. The molecular formula is C24H24FNO2. The predicted molar refractivity (Wildman–Crippen MR) is 109 cm³/mol. The fraction of sp³-hybridized carbons (Fsp3) is 0.250. The smallest absolute Gasteiger partial charge is 0.166 e. The normalized spacial score (nSPS) is 15.9. The van der Waals surface area contributed by atoms with E-state index in [4.69, 9.17) is 4.74 Å². The standard InChI is InChI=1S/C24H24FNO2/c1-28-21-15-17-13-14-26-20(12-11-16-7-3-2-4-8-16)22(17)23(24(21)27)18-9-5-6-10-19(18)25/h2-10,15,20,26-27H,11-14H2,1H3. The number of fused-ring (bicyclic) bond motifs is 1. The summed E-state index contributed by atoms with van der Waals surface area (Å²) >= 11 is 0. The molecule has 1 unspecified atom stereocenters. The molecule has 3 aromatic carbocycles. The number of benzene rings is 3. The average Bonchev–Trinajstić information content (AvgIpc) is 2.73. The van der Waals surface area contributed by atoms with Gasteiger partial charge in [-0.05, 0) is 54.6 Å². The van der Waals surface area contributed by atoms with Crippen LogP contribution < -0.4 is 10.1 Å². The zero-order valence-corrected chi connectivity index (χ0v) is 15.9. The van der Waals surface area contributed by atoms with Crippen LogP contribution in [-0.2, 0) is 12.8 Å². The lowest BCUT2D eigenvalue weighted by Gasteiger charge is -2.31. The van der Waals surface area contributed by atoms with Crippen molar-refractivity contribution < 1.29 is 14.2 Å². The Balaban J connectivity index is 1.80. The molecule has 0 fully saturated rings. The van der Waals surface area contributed by atoms with Crippen LogP contribution in [-0.4, -0.2) is 18.8 Å². The zero-order valence-electron chi connectivity index (χ0n) is 15.9. The third-order valence-corrected chi connectivity index (χ3v) is 5.45. The molecule has 3 aromatic rings. The van der Waals surface area contributed by atoms with Crippen molar-refractivity contribution in [2.45, 2.75) is 25.3 Å². The van der Waals surface area contributed by atoms with Gasteiger partial charge in [0.25, 0.3) is 0 Å². The number of methoxy groups -OCH3 is 1. The highest BCUT2D eigenvalue weighted by Crippen LogP contribution is 2.46. The van der Waals surface area contributed by atoms with Gasteiger partial charge in [-0.15, -0.1) is 0 Å². The summed E-state index contributed by atoms with van der Waals surface area (Å²) < 4.78 is 20.1. The molecule has 28 heavy (non-hydrogen) atoms. The predicted octanol–water partition coefficient (Wildman–Crippen LogP) is 5.03. The number of phenols is 1. The van der Waals surface area contributed by atoms with E-state index in [2.05, 4.69) is 17.4 Å². The van der Waals surface area contributed by atoms with E-state index in [0.717, 1.165) is 36.9 Å². The van der Waals surface area contributed by atoms with Crippen LogP contribution in [0.1, 0.15) is 29.2 Å². The van der Waals surface area contributed by atoms with Gasteiger partial charge in [0, 0.05) is 17.2 Å². The molecule has 1 atom stereocenters. The molecule has 144 valence electrons. The quantitative estimate of drug-likeness (QED) is 0.655. The van der Waals surface area contributed by atoms with Crippen LogP contribution in [0.4, 0.5) is 4.39 Å². The van der Waals surface area contributed by atoms with Crippen molar-refractivity contribution in [1.29, 1.82) is 0 Å². The minimum Gasteiger partial charge on any atom is -0.504 e. The second-order valence-electron chi connectivity index (χ2n) is 7.14. The van der Waals surface area contributed by atoms with E-state index in [-0.39, 0.29) is 17.6 Å². The van der Waals surface area contributed by atoms with Crippen molar-refractivity contribution in [3.05, 3.63) is 83.2 Å². The van der Waals surface area contributed by atoms with Crippen molar-refractivity contribution >= 4 is 0 Å². The summed E-state index contributed by atoms with van der Waals surface area (Å²) in [6.45, 7) is 0.844. The number of ether oxygens (including phenoxy) is 1. The minimum absolute atomic E-state index is 0.000221. The van der Waals surface area contributed by atoms with Crippen molar-refractivity contribution in [3.63, 3.8) is 0 Å². The van der Waals surface area contributed by atoms with E-state index in [1.165, 1.54) is 18.7 Å². The van der Waals surface area contributed by atoms with E-state index >= 15 is 0 Å². The van der Waals surface area contributed by atoms with Gasteiger partial charge >= 0.3 is 0 Å². The number of halogens is 1. The Hall–Kier alpha value is -2.85. The van der Waals surface area contributed by atoms with Crippen LogP contribution >= 0.6 is 0 Å². The average molecular weight is 377 g/mol. The molecule has 0 radical (unpaired) electrons. The molecule has 0 saturated heterocycles. The van der Waals surface area contributed by atoms with Crippen LogP contribution in [0.5, 0.6) is 11.5 Å². The highest BCUT2D eigenvalue weighted by Gasteiger charge is 2.29. The number of aryl methyl sites for hydroxylation is 1. The zero-order chi connectivity index (χ0) is 19.5. The van der Waals surface area contributed by atoms with Crippen LogP contribution in [0.3, 0.4) is 0 Å². The Morgan fingerprint density at radius 1 is 1.11 bits per heavy atom. The first-order valence-electron chi connectivity index (χ1n) is 9.64. The Morgan fingerprint density at radius 2 is 1.86 bits per heavy atom. The van der Waals surface area contributed by atoms with Gasteiger partial charge in [0.1, 0.15) is 5.82 Å². The SMILES string of the molecule is COc1cc2c(c(-c3ccccc3F)c1O)C(CCc1ccccc1)NCC2. The van der Waals surface area contributed by atoms with Gasteiger partial charge < -0.3 is 15.2 Å². The van der Waals surface area contributed by atoms with Crippen LogP contribution in [0.2, 0.25) is 0 Å². The molecule has 3 nitrogen and oxygen atoms in total. The summed E-state index contributed by atoms with van der Waals surface area (Å²) in [4.78, 5) is 0. The van der Waals surface area contributed by atoms with Gasteiger partial charge in [-0.2, -0.15) is 0 Å². The molecule has 0 spiro atoms. The Bertz CT molecular complexity index is 972. The number of hydrogen-bond acceptors (Lipinski definition) is 3. The van der Waals surface area contributed by atoms with Gasteiger partial charge in [0.15, 0.2) is 11.5 Å². The topological polar surface area (TPSA) is 41.5 Å². The van der Waals surface area contributed by atoms with Crippen molar-refractivity contribution in [2.75, 3.05) is 13.7 Å². The first kappa shape index (κ1) is 18.5. The maximum absolute atomic E-state index is 14.7. The molecule has 0 aromatic heterocycles. The fourth-order valence-electron chi connectivity index (χ4n) is 4.10. The highest BCUT2D eigenvalue weighted by atomic mass is 19.1. The third kappa shape index (κ3) is 3.48. The second kappa shape index (κ2) is 8.03. The molecule has 1 aliphatic rings. The van der Waals surface area contributed by atoms with Crippen LogP contribution in [0, 0.1) is 5.82 Å². The van der Waals surface area contributed by atoms with Crippen molar-refractivity contribution in [1.82, 2.24) is 5.32 Å². The second-order valence-corrected chi connectivity index (χ2v) is 7.14. The lowest BCUT2D eigenvalue weighted by molar-refractivity contribution is 0.370. The van der Waals surface area contributed by atoms with Gasteiger partial charge in [0.05, 0.1) is 7.11 Å². The molecular weight excluding hydrogens is 353 g/mol. The number of nitrogens with one attached hydrogen (secondary N) is 1. The monoisotopic (exact) mass is 377 g/mol. The van der Waals surface area contributed by atoms with E-state index in [0.29, 0.717) is 16.9 Å². The molecule has 0 aliphatic carbocycles. The first-order chi connectivity index (χ1) is 13.7. The minimum atomic E-state index is -0.347. The number of hydrogen-bond donors (Lipinski definition) is 2. The Labute approximate surface area is 164 Å². The summed E-state index contributed by atoms with van der Waals surface area (Å²) in [5, 5.41) is 14.5. The molecule has 1 heterocycles. The summed E-state index contributed by atoms with van der Waals surface area (Å²) in [7, 11) is 1.53.